The Morgan fingerprint density at radius 1 is 1.16 bits per heavy atom. The van der Waals surface area contributed by atoms with Crippen molar-refractivity contribution in [2.24, 2.45) is 0 Å². The van der Waals surface area contributed by atoms with Crippen LogP contribution in [-0.2, 0) is 11.2 Å². The number of aryl methyl sites for hydroxylation is 1. The lowest BCUT2D eigenvalue weighted by Crippen LogP contribution is -2.41. The number of hydrazine groups is 1. The Morgan fingerprint density at radius 3 is 2.68 bits per heavy atom. The summed E-state index contributed by atoms with van der Waals surface area (Å²) in [6, 6.07) is 8.21. The van der Waals surface area contributed by atoms with Crippen molar-refractivity contribution in [1.82, 2.24) is 21.0 Å². The summed E-state index contributed by atoms with van der Waals surface area (Å²) >= 11 is 7.29. The highest BCUT2D eigenvalue weighted by Gasteiger charge is 2.12. The van der Waals surface area contributed by atoms with Crippen LogP contribution >= 0.6 is 22.9 Å². The third-order valence-electron chi connectivity index (χ3n) is 3.24. The maximum atomic E-state index is 11.9. The molecule has 0 aliphatic heterocycles. The van der Waals surface area contributed by atoms with E-state index in [2.05, 4.69) is 21.0 Å². The molecule has 2 amide bonds. The molecule has 0 saturated carbocycles. The van der Waals surface area contributed by atoms with Gasteiger partial charge in [-0.25, -0.2) is 0 Å². The standard InChI is InChI=1S/C16H13ClN4O3S/c17-12-3-1-10(2-4-12)16(23)20-19-13(22)5-6-14-18-15(21-24-14)11-7-8-25-9-11/h1-4,7-9H,5-6H2,(H,19,22)(H,20,23). The third-order valence-corrected chi connectivity index (χ3v) is 4.17. The molecule has 0 aliphatic carbocycles. The minimum atomic E-state index is -0.428. The van der Waals surface area contributed by atoms with Gasteiger partial charge in [0.15, 0.2) is 0 Å². The van der Waals surface area contributed by atoms with Gasteiger partial charge in [0.1, 0.15) is 0 Å². The SMILES string of the molecule is O=C(CCc1nc(-c2ccsc2)no1)NNC(=O)c1ccc(Cl)cc1. The molecule has 0 spiro atoms. The second-order valence-electron chi connectivity index (χ2n) is 5.03. The molecule has 128 valence electrons. The van der Waals surface area contributed by atoms with Crippen molar-refractivity contribution in [3.8, 4) is 11.4 Å². The normalized spacial score (nSPS) is 10.4. The number of amides is 2. The number of thiophene rings is 1. The maximum absolute atomic E-state index is 11.9. The van der Waals surface area contributed by atoms with Crippen LogP contribution in [0.3, 0.4) is 0 Å². The molecule has 3 aromatic rings. The largest absolute Gasteiger partial charge is 0.339 e. The highest BCUT2D eigenvalue weighted by molar-refractivity contribution is 7.08. The average Bonchev–Trinajstić information content (AvgIpc) is 3.29. The van der Waals surface area contributed by atoms with Crippen LogP contribution in [0.2, 0.25) is 5.02 Å². The number of aromatic nitrogens is 2. The van der Waals surface area contributed by atoms with Gasteiger partial charge in [-0.15, -0.1) is 0 Å². The lowest BCUT2D eigenvalue weighted by Gasteiger charge is -2.06. The molecule has 0 atom stereocenters. The molecule has 0 radical (unpaired) electrons. The predicted octanol–water partition coefficient (Wildman–Crippen LogP) is 2.85. The fourth-order valence-electron chi connectivity index (χ4n) is 1.95. The van der Waals surface area contributed by atoms with E-state index in [0.717, 1.165) is 5.56 Å². The van der Waals surface area contributed by atoms with Gasteiger partial charge in [0, 0.05) is 34.4 Å². The molecule has 1 aromatic carbocycles. The van der Waals surface area contributed by atoms with Crippen LogP contribution in [0.1, 0.15) is 22.7 Å². The number of hydrogen-bond acceptors (Lipinski definition) is 6. The number of carbonyl (C=O) groups is 2. The Hall–Kier alpha value is -2.71. The van der Waals surface area contributed by atoms with E-state index < -0.39 is 5.91 Å². The summed E-state index contributed by atoms with van der Waals surface area (Å²) in [5, 5.41) is 8.22. The summed E-state index contributed by atoms with van der Waals surface area (Å²) in [5.41, 5.74) is 5.94. The zero-order valence-electron chi connectivity index (χ0n) is 12.9. The molecule has 3 rings (SSSR count). The first-order valence-electron chi connectivity index (χ1n) is 7.32. The minimum Gasteiger partial charge on any atom is -0.339 e. The third kappa shape index (κ3) is 4.65. The second kappa shape index (κ2) is 7.91. The van der Waals surface area contributed by atoms with Crippen molar-refractivity contribution >= 4 is 34.8 Å². The molecule has 0 unspecified atom stereocenters. The number of rotatable bonds is 5. The molecule has 25 heavy (non-hydrogen) atoms. The fraction of sp³-hybridized carbons (Fsp3) is 0.125. The first-order chi connectivity index (χ1) is 12.1. The van der Waals surface area contributed by atoms with Crippen LogP contribution in [0.15, 0.2) is 45.6 Å². The monoisotopic (exact) mass is 376 g/mol. The van der Waals surface area contributed by atoms with E-state index >= 15 is 0 Å². The van der Waals surface area contributed by atoms with E-state index in [0.29, 0.717) is 22.3 Å². The van der Waals surface area contributed by atoms with Crippen LogP contribution in [-0.4, -0.2) is 22.0 Å². The van der Waals surface area contributed by atoms with Gasteiger partial charge >= 0.3 is 0 Å². The Balaban J connectivity index is 1.45. The maximum Gasteiger partial charge on any atom is 0.269 e. The molecule has 0 bridgehead atoms. The molecular weight excluding hydrogens is 364 g/mol. The zero-order chi connectivity index (χ0) is 17.6. The van der Waals surface area contributed by atoms with Crippen LogP contribution in [0.25, 0.3) is 11.4 Å². The summed E-state index contributed by atoms with van der Waals surface area (Å²) in [4.78, 5) is 27.9. The smallest absolute Gasteiger partial charge is 0.269 e. The lowest BCUT2D eigenvalue weighted by atomic mass is 10.2. The zero-order valence-corrected chi connectivity index (χ0v) is 14.4. The van der Waals surface area contributed by atoms with Gasteiger partial charge < -0.3 is 4.52 Å². The first kappa shape index (κ1) is 17.1. The van der Waals surface area contributed by atoms with Crippen LogP contribution < -0.4 is 10.9 Å². The van der Waals surface area contributed by atoms with Crippen LogP contribution in [0.5, 0.6) is 0 Å². The van der Waals surface area contributed by atoms with E-state index in [9.17, 15) is 9.59 Å². The lowest BCUT2D eigenvalue weighted by molar-refractivity contribution is -0.121. The molecule has 2 heterocycles. The number of nitrogens with one attached hydrogen (secondary N) is 2. The number of carbonyl (C=O) groups excluding carboxylic acids is 2. The molecular formula is C16H13ClN4O3S. The van der Waals surface area contributed by atoms with Crippen molar-refractivity contribution in [1.29, 1.82) is 0 Å². The minimum absolute atomic E-state index is 0.103. The summed E-state index contributed by atoms with van der Waals surface area (Å²) in [6.07, 6.45) is 0.381. The number of halogens is 1. The highest BCUT2D eigenvalue weighted by Crippen LogP contribution is 2.18. The number of nitrogens with zero attached hydrogens (tertiary/aromatic N) is 2. The fourth-order valence-corrected chi connectivity index (χ4v) is 2.71. The second-order valence-corrected chi connectivity index (χ2v) is 6.25. The van der Waals surface area contributed by atoms with E-state index in [1.807, 2.05) is 16.8 Å². The Kier molecular flexibility index (Phi) is 5.42. The van der Waals surface area contributed by atoms with Crippen LogP contribution in [0, 0.1) is 0 Å². The van der Waals surface area contributed by atoms with E-state index in [1.165, 1.54) is 11.3 Å². The van der Waals surface area contributed by atoms with Crippen molar-refractivity contribution < 1.29 is 14.1 Å². The van der Waals surface area contributed by atoms with Gasteiger partial charge in [-0.3, -0.25) is 20.4 Å². The molecule has 0 aliphatic rings. The van der Waals surface area contributed by atoms with Crippen molar-refractivity contribution in [3.05, 3.63) is 57.6 Å². The van der Waals surface area contributed by atoms with Gasteiger partial charge in [0.05, 0.1) is 0 Å². The molecule has 2 aromatic heterocycles. The van der Waals surface area contributed by atoms with Crippen molar-refractivity contribution in [2.45, 2.75) is 12.8 Å². The molecule has 2 N–H and O–H groups in total. The Bertz CT molecular complexity index is 862. The average molecular weight is 377 g/mol. The molecule has 0 saturated heterocycles. The van der Waals surface area contributed by atoms with Gasteiger partial charge in [-0.1, -0.05) is 16.8 Å². The molecule has 9 heteroatoms. The van der Waals surface area contributed by atoms with E-state index in [-0.39, 0.29) is 18.7 Å². The molecule has 7 nitrogen and oxygen atoms in total. The summed E-state index contributed by atoms with van der Waals surface area (Å²) in [5.74, 6) is 0.0632. The number of hydrogen-bond donors (Lipinski definition) is 2. The number of benzene rings is 1. The summed E-state index contributed by atoms with van der Waals surface area (Å²) in [6.45, 7) is 0. The van der Waals surface area contributed by atoms with E-state index in [4.69, 9.17) is 16.1 Å². The summed E-state index contributed by atoms with van der Waals surface area (Å²) in [7, 11) is 0. The van der Waals surface area contributed by atoms with Gasteiger partial charge in [0.25, 0.3) is 5.91 Å². The molecule has 0 fully saturated rings. The van der Waals surface area contributed by atoms with Gasteiger partial charge in [0.2, 0.25) is 17.6 Å². The predicted molar refractivity (Wildman–Crippen MR) is 93.0 cm³/mol. The van der Waals surface area contributed by atoms with Gasteiger partial charge in [-0.05, 0) is 35.7 Å². The van der Waals surface area contributed by atoms with Crippen molar-refractivity contribution in [3.63, 3.8) is 0 Å². The van der Waals surface area contributed by atoms with Crippen LogP contribution in [0.4, 0.5) is 0 Å². The Morgan fingerprint density at radius 2 is 1.96 bits per heavy atom. The quantitative estimate of drug-likeness (QED) is 0.667. The van der Waals surface area contributed by atoms with E-state index in [1.54, 1.807) is 24.3 Å². The van der Waals surface area contributed by atoms with Gasteiger partial charge in [-0.2, -0.15) is 16.3 Å². The highest BCUT2D eigenvalue weighted by atomic mass is 35.5. The van der Waals surface area contributed by atoms with Crippen molar-refractivity contribution in [2.75, 3.05) is 0 Å². The first-order valence-corrected chi connectivity index (χ1v) is 8.64. The summed E-state index contributed by atoms with van der Waals surface area (Å²) < 4.78 is 5.11. The topological polar surface area (TPSA) is 97.1 Å². The Labute approximate surface area is 152 Å².